The molecule has 144 valence electrons. The van der Waals surface area contributed by atoms with Crippen molar-refractivity contribution in [2.75, 3.05) is 7.11 Å². The van der Waals surface area contributed by atoms with Crippen molar-refractivity contribution in [1.82, 2.24) is 4.31 Å². The highest BCUT2D eigenvalue weighted by Gasteiger charge is 2.55. The number of sulfonamides is 1. The largest absolute Gasteiger partial charge is 0.468 e. The van der Waals surface area contributed by atoms with Gasteiger partial charge in [-0.25, -0.2) is 8.42 Å². The number of hydrogen-bond donors (Lipinski definition) is 0. The van der Waals surface area contributed by atoms with Crippen molar-refractivity contribution in [3.8, 4) is 0 Å². The van der Waals surface area contributed by atoms with Crippen molar-refractivity contribution in [3.63, 3.8) is 0 Å². The molecule has 2 aromatic carbocycles. The summed E-state index contributed by atoms with van der Waals surface area (Å²) in [5, 5.41) is 0. The molecule has 0 amide bonds. The Labute approximate surface area is 173 Å². The van der Waals surface area contributed by atoms with Gasteiger partial charge in [-0.2, -0.15) is 4.31 Å². The molecule has 27 heavy (non-hydrogen) atoms. The van der Waals surface area contributed by atoms with E-state index in [1.807, 2.05) is 44.2 Å². The van der Waals surface area contributed by atoms with E-state index in [9.17, 15) is 13.2 Å². The molecule has 3 rings (SSSR count). The van der Waals surface area contributed by atoms with Gasteiger partial charge in [0.2, 0.25) is 10.0 Å². The summed E-state index contributed by atoms with van der Waals surface area (Å²) in [6.07, 6.45) is 0. The zero-order chi connectivity index (χ0) is 19.8. The van der Waals surface area contributed by atoms with E-state index in [4.69, 9.17) is 4.74 Å². The molecule has 1 saturated heterocycles. The molecular formula is C20H22INO4S. The average molecular weight is 499 g/mol. The number of rotatable bonds is 4. The third-order valence-corrected chi connectivity index (χ3v) is 8.72. The normalized spacial score (nSPS) is 26.1. The Bertz CT molecular complexity index is 915. The van der Waals surface area contributed by atoms with Crippen molar-refractivity contribution in [2.24, 2.45) is 5.92 Å². The van der Waals surface area contributed by atoms with Crippen molar-refractivity contribution < 1.29 is 17.9 Å². The van der Waals surface area contributed by atoms with E-state index in [1.54, 1.807) is 24.3 Å². The van der Waals surface area contributed by atoms with Crippen molar-refractivity contribution in [2.45, 2.75) is 34.8 Å². The van der Waals surface area contributed by atoms with Gasteiger partial charge in [0.15, 0.2) is 0 Å². The number of ether oxygens (including phenoxy) is 1. The van der Waals surface area contributed by atoms with Crippen LogP contribution in [0.5, 0.6) is 0 Å². The monoisotopic (exact) mass is 499 g/mol. The van der Waals surface area contributed by atoms with E-state index in [0.29, 0.717) is 0 Å². The van der Waals surface area contributed by atoms with Crippen LogP contribution in [0.2, 0.25) is 0 Å². The Morgan fingerprint density at radius 2 is 1.67 bits per heavy atom. The van der Waals surface area contributed by atoms with E-state index in [-0.39, 0.29) is 14.7 Å². The van der Waals surface area contributed by atoms with Crippen LogP contribution in [-0.2, 0) is 19.6 Å². The van der Waals surface area contributed by atoms with Gasteiger partial charge in [-0.05, 0) is 30.5 Å². The van der Waals surface area contributed by atoms with Crippen molar-refractivity contribution in [1.29, 1.82) is 0 Å². The first kappa shape index (κ1) is 20.3. The summed E-state index contributed by atoms with van der Waals surface area (Å²) in [5.41, 5.74) is 1.84. The lowest BCUT2D eigenvalue weighted by Crippen LogP contribution is -2.44. The molecule has 0 radical (unpaired) electrons. The first-order chi connectivity index (χ1) is 12.8. The smallest absolute Gasteiger partial charge is 0.324 e. The Morgan fingerprint density at radius 3 is 2.22 bits per heavy atom. The molecule has 2 aromatic rings. The predicted octanol–water partition coefficient (Wildman–Crippen LogP) is 3.72. The molecule has 0 spiro atoms. The van der Waals surface area contributed by atoms with E-state index in [1.165, 1.54) is 11.4 Å². The van der Waals surface area contributed by atoms with Crippen LogP contribution in [0.15, 0.2) is 59.5 Å². The zero-order valence-electron chi connectivity index (χ0n) is 15.4. The second-order valence-corrected chi connectivity index (χ2v) is 10.1. The zero-order valence-corrected chi connectivity index (χ0v) is 18.3. The quantitative estimate of drug-likeness (QED) is 0.366. The lowest BCUT2D eigenvalue weighted by Gasteiger charge is -2.29. The summed E-state index contributed by atoms with van der Waals surface area (Å²) in [6.45, 7) is 3.80. The number of carbonyl (C=O) groups excluding carboxylic acids is 1. The third kappa shape index (κ3) is 3.64. The van der Waals surface area contributed by atoms with Gasteiger partial charge in [0.05, 0.1) is 18.0 Å². The first-order valence-electron chi connectivity index (χ1n) is 8.66. The molecule has 0 N–H and O–H groups in total. The molecule has 4 atom stereocenters. The summed E-state index contributed by atoms with van der Waals surface area (Å²) in [7, 11) is -2.60. The molecule has 7 heteroatoms. The predicted molar refractivity (Wildman–Crippen MR) is 112 cm³/mol. The number of halogens is 1. The minimum absolute atomic E-state index is 0.0747. The van der Waals surface area contributed by atoms with Crippen LogP contribution < -0.4 is 0 Å². The van der Waals surface area contributed by atoms with Crippen LogP contribution in [0.25, 0.3) is 0 Å². The fourth-order valence-corrected chi connectivity index (χ4v) is 6.78. The number of aryl methyl sites for hydroxylation is 1. The van der Waals surface area contributed by atoms with Crippen LogP contribution in [0, 0.1) is 12.8 Å². The van der Waals surface area contributed by atoms with Crippen LogP contribution in [0.3, 0.4) is 0 Å². The summed E-state index contributed by atoms with van der Waals surface area (Å²) < 4.78 is 33.4. The van der Waals surface area contributed by atoms with Crippen molar-refractivity contribution in [3.05, 3.63) is 65.7 Å². The fourth-order valence-electron chi connectivity index (χ4n) is 3.56. The second kappa shape index (κ2) is 7.89. The molecule has 1 aliphatic rings. The number of hydrogen-bond acceptors (Lipinski definition) is 4. The lowest BCUT2D eigenvalue weighted by molar-refractivity contribution is -0.145. The summed E-state index contributed by atoms with van der Waals surface area (Å²) in [5.74, 6) is -0.721. The van der Waals surface area contributed by atoms with E-state index >= 15 is 0 Å². The van der Waals surface area contributed by atoms with Crippen LogP contribution in [0.1, 0.15) is 24.1 Å². The maximum absolute atomic E-state index is 13.6. The van der Waals surface area contributed by atoms with E-state index < -0.39 is 28.1 Å². The molecule has 1 fully saturated rings. The van der Waals surface area contributed by atoms with Gasteiger partial charge in [-0.3, -0.25) is 4.79 Å². The highest BCUT2D eigenvalue weighted by molar-refractivity contribution is 14.1. The number of carbonyl (C=O) groups is 1. The topological polar surface area (TPSA) is 63.7 Å². The van der Waals surface area contributed by atoms with Gasteiger partial charge in [0.25, 0.3) is 0 Å². The Morgan fingerprint density at radius 1 is 1.07 bits per heavy atom. The van der Waals surface area contributed by atoms with Gasteiger partial charge >= 0.3 is 5.97 Å². The molecule has 5 nitrogen and oxygen atoms in total. The third-order valence-electron chi connectivity index (χ3n) is 5.03. The SMILES string of the molecule is COC(=O)[C@H]1C(C)C(I)[C@@H](c2ccccc2)N1S(=O)(=O)c1ccc(C)cc1. The molecule has 0 bridgehead atoms. The highest BCUT2D eigenvalue weighted by Crippen LogP contribution is 2.47. The number of esters is 1. The molecule has 0 aliphatic carbocycles. The standard InChI is InChI=1S/C20H22INO4S/c1-13-9-11-16(12-10-13)27(24,25)22-18(20(23)26-3)14(2)17(21)19(22)15-7-5-4-6-8-15/h4-12,14,17-19H,1-3H3/t14?,17?,18-,19-/m1/s1. The van der Waals surface area contributed by atoms with Crippen LogP contribution >= 0.6 is 22.6 Å². The van der Waals surface area contributed by atoms with Gasteiger partial charge in [-0.1, -0.05) is 77.5 Å². The molecular weight excluding hydrogens is 477 g/mol. The molecule has 2 unspecified atom stereocenters. The number of benzene rings is 2. The number of alkyl halides is 1. The Balaban J connectivity index is 2.18. The fraction of sp³-hybridized carbons (Fsp3) is 0.350. The van der Waals surface area contributed by atoms with Crippen LogP contribution in [0.4, 0.5) is 0 Å². The van der Waals surface area contributed by atoms with E-state index in [0.717, 1.165) is 11.1 Å². The summed E-state index contributed by atoms with van der Waals surface area (Å²) in [4.78, 5) is 12.7. The number of methoxy groups -OCH3 is 1. The minimum atomic E-state index is -3.90. The molecule has 1 heterocycles. The maximum Gasteiger partial charge on any atom is 0.324 e. The van der Waals surface area contributed by atoms with Crippen molar-refractivity contribution >= 4 is 38.6 Å². The Hall–Kier alpha value is -1.45. The Kier molecular flexibility index (Phi) is 5.93. The van der Waals surface area contributed by atoms with Gasteiger partial charge in [0, 0.05) is 3.92 Å². The summed E-state index contributed by atoms with van der Waals surface area (Å²) >= 11 is 2.25. The molecule has 1 aliphatic heterocycles. The minimum Gasteiger partial charge on any atom is -0.468 e. The van der Waals surface area contributed by atoms with Crippen LogP contribution in [-0.4, -0.2) is 35.8 Å². The maximum atomic E-state index is 13.6. The van der Waals surface area contributed by atoms with Gasteiger partial charge in [0.1, 0.15) is 6.04 Å². The number of nitrogens with zero attached hydrogens (tertiary/aromatic N) is 1. The summed E-state index contributed by atoms with van der Waals surface area (Å²) in [6, 6.07) is 14.8. The van der Waals surface area contributed by atoms with Gasteiger partial charge in [-0.15, -0.1) is 0 Å². The second-order valence-electron chi connectivity index (χ2n) is 6.78. The lowest BCUT2D eigenvalue weighted by atomic mass is 9.98. The highest BCUT2D eigenvalue weighted by atomic mass is 127. The average Bonchev–Trinajstić information content (AvgIpc) is 2.94. The van der Waals surface area contributed by atoms with Gasteiger partial charge < -0.3 is 4.74 Å². The molecule has 0 aromatic heterocycles. The first-order valence-corrected chi connectivity index (χ1v) is 11.3. The molecule has 0 saturated carbocycles. The van der Waals surface area contributed by atoms with E-state index in [2.05, 4.69) is 22.6 Å².